The number of piperidine rings is 1. The zero-order chi connectivity index (χ0) is 60.1. The van der Waals surface area contributed by atoms with E-state index in [9.17, 15) is 30.6 Å². The van der Waals surface area contributed by atoms with Crippen molar-refractivity contribution in [2.24, 2.45) is 0 Å². The number of ether oxygens (including phenoxy) is 2. The van der Waals surface area contributed by atoms with E-state index in [2.05, 4.69) is 172 Å². The molecule has 29 heteroatoms. The second-order valence-electron chi connectivity index (χ2n) is 20.3. The molecule has 83 heavy (non-hydrogen) atoms. The van der Waals surface area contributed by atoms with Gasteiger partial charge in [-0.25, -0.2) is 59.8 Å². The highest BCUT2D eigenvalue weighted by Crippen LogP contribution is 2.37. The van der Waals surface area contributed by atoms with Gasteiger partial charge in [0.2, 0.25) is 0 Å². The van der Waals surface area contributed by atoms with Crippen molar-refractivity contribution in [3.63, 3.8) is 0 Å². The van der Waals surface area contributed by atoms with Crippen molar-refractivity contribution >= 4 is 107 Å². The third-order valence-corrected chi connectivity index (χ3v) is 17.5. The summed E-state index contributed by atoms with van der Waals surface area (Å²) in [7, 11) is 2.06. The molecule has 6 aromatic rings. The van der Waals surface area contributed by atoms with Gasteiger partial charge in [0.15, 0.2) is 40.5 Å². The molecule has 0 aromatic carbocycles. The molecule has 5 fully saturated rings. The number of likely N-dealkylation sites (tertiary alicyclic amines) is 1. The van der Waals surface area contributed by atoms with Crippen molar-refractivity contribution in [2.45, 2.75) is 112 Å². The summed E-state index contributed by atoms with van der Waals surface area (Å²) in [6.45, 7) is 9.92. The van der Waals surface area contributed by atoms with Gasteiger partial charge in [-0.1, -0.05) is 13.8 Å². The lowest BCUT2D eigenvalue weighted by molar-refractivity contribution is -0.189. The Hall–Kier alpha value is -2.69. The lowest BCUT2D eigenvalue weighted by Crippen LogP contribution is -2.47. The lowest BCUT2D eigenvalue weighted by atomic mass is 9.91. The van der Waals surface area contributed by atoms with Gasteiger partial charge in [-0.3, -0.25) is 4.90 Å². The van der Waals surface area contributed by atoms with E-state index >= 15 is 0 Å². The number of thioether (sulfide) groups is 1. The maximum absolute atomic E-state index is 10.4. The second-order valence-corrected chi connectivity index (χ2v) is 27.0. The molecular weight excluding hydrogens is 1480 g/mol. The summed E-state index contributed by atoms with van der Waals surface area (Å²) in [5.41, 5.74) is -4.23. The predicted octanol–water partition coefficient (Wildman–Crippen LogP) is 8.42. The van der Waals surface area contributed by atoms with Crippen LogP contribution < -0.4 is 0 Å². The maximum atomic E-state index is 10.4. The first-order valence-corrected chi connectivity index (χ1v) is 32.8. The van der Waals surface area contributed by atoms with Crippen molar-refractivity contribution < 1.29 is 40.1 Å². The summed E-state index contributed by atoms with van der Waals surface area (Å²) in [6.07, 6.45) is 27.1. The molecule has 0 spiro atoms. The zero-order valence-corrected chi connectivity index (χ0v) is 56.6. The molecule has 22 nitrogen and oxygen atoms in total. The number of hydrogen-bond acceptors (Lipinski definition) is 23. The Morgan fingerprint density at radius 2 is 0.831 bits per heavy atom. The Morgan fingerprint density at radius 1 is 0.494 bits per heavy atom. The number of halogens is 6. The van der Waals surface area contributed by atoms with Gasteiger partial charge in [-0.05, 0) is 178 Å². The normalized spacial score (nSPS) is 19.1. The highest BCUT2D eigenvalue weighted by molar-refractivity contribution is 9.11. The van der Waals surface area contributed by atoms with Crippen LogP contribution in [-0.2, 0) is 37.5 Å². The Kier molecular flexibility index (Phi) is 28.1. The van der Waals surface area contributed by atoms with E-state index in [-0.39, 0.29) is 13.2 Å². The average molecular weight is 1550 g/mol. The Bertz CT molecular complexity index is 2780. The molecule has 11 rings (SSSR count). The Balaban J connectivity index is 0.000000160. The molecule has 1 saturated carbocycles. The Labute approximate surface area is 538 Å². The quantitative estimate of drug-likeness (QED) is 0.0750. The number of hydrogen-bond donors (Lipinski definition) is 6. The van der Waals surface area contributed by atoms with Crippen LogP contribution in [0.1, 0.15) is 119 Å². The van der Waals surface area contributed by atoms with Gasteiger partial charge >= 0.3 is 0 Å². The number of rotatable bonds is 10. The molecule has 0 amide bonds. The predicted molar refractivity (Wildman–Crippen MR) is 333 cm³/mol. The van der Waals surface area contributed by atoms with Gasteiger partial charge in [0, 0.05) is 107 Å². The van der Waals surface area contributed by atoms with Crippen molar-refractivity contribution in [1.82, 2.24) is 69.6 Å². The van der Waals surface area contributed by atoms with E-state index in [1.165, 1.54) is 0 Å². The molecule has 10 heterocycles. The molecule has 1 aliphatic carbocycles. The summed E-state index contributed by atoms with van der Waals surface area (Å²) in [6, 6.07) is 0. The van der Waals surface area contributed by atoms with Crippen LogP contribution in [0.4, 0.5) is 0 Å². The molecule has 6 aromatic heterocycles. The summed E-state index contributed by atoms with van der Waals surface area (Å²) < 4.78 is 15.1. The monoisotopic (exact) mass is 1550 g/mol. The third kappa shape index (κ3) is 21.6. The minimum Gasteiger partial charge on any atom is -0.384 e. The van der Waals surface area contributed by atoms with Gasteiger partial charge in [0.1, 0.15) is 28.5 Å². The van der Waals surface area contributed by atoms with Crippen LogP contribution in [0.15, 0.2) is 101 Å². The highest BCUT2D eigenvalue weighted by atomic mass is 79.9. The smallest absolute Gasteiger partial charge is 0.170 e. The average Bonchev–Trinajstić information content (AvgIpc) is 3.98. The molecule has 0 radical (unpaired) electrons. The second kappa shape index (κ2) is 33.6. The van der Waals surface area contributed by atoms with Crippen molar-refractivity contribution in [1.29, 1.82) is 0 Å². The number of aromatic nitrogens is 12. The van der Waals surface area contributed by atoms with Crippen LogP contribution in [0.3, 0.4) is 0 Å². The number of aliphatic hydroxyl groups is 6. The number of aliphatic hydroxyl groups excluding tert-OH is 1. The van der Waals surface area contributed by atoms with Crippen LogP contribution >= 0.6 is 107 Å². The SMILES string of the molecule is CCC(O)(CC)c1ncc(Br)cn1.CN1CCC(O)(c2ncc(Br)cn2)CC1.OC(CN1CCOCC1)c1ncc(Br)cn1.OC1(c2ncc(Br)cn2)CCCC1.OC1(c2ncc(Br)cn2)CCSCC1.OC1(c2ncc(Br)cn2)COC1. The van der Waals surface area contributed by atoms with E-state index < -0.39 is 34.1 Å². The van der Waals surface area contributed by atoms with Crippen molar-refractivity contribution in [3.8, 4) is 0 Å². The summed E-state index contributed by atoms with van der Waals surface area (Å²) >= 11 is 21.4. The molecular formula is C54H70Br6N14O8S. The molecule has 1 unspecified atom stereocenters. The molecule has 1 atom stereocenters. The largest absolute Gasteiger partial charge is 0.384 e. The minimum atomic E-state index is -0.958. The number of morpholine rings is 1. The van der Waals surface area contributed by atoms with Crippen LogP contribution in [0.5, 0.6) is 0 Å². The zero-order valence-electron chi connectivity index (χ0n) is 46.3. The van der Waals surface area contributed by atoms with Gasteiger partial charge in [-0.2, -0.15) is 11.8 Å². The fraction of sp³-hybridized carbons (Fsp3) is 0.556. The summed E-state index contributed by atoms with van der Waals surface area (Å²) in [5, 5.41) is 60.5. The van der Waals surface area contributed by atoms with Crippen LogP contribution in [0, 0.1) is 0 Å². The molecule has 4 aliphatic heterocycles. The van der Waals surface area contributed by atoms with E-state index in [1.54, 1.807) is 74.4 Å². The summed E-state index contributed by atoms with van der Waals surface area (Å²) in [5.74, 6) is 5.02. The first kappa shape index (κ1) is 69.4. The van der Waals surface area contributed by atoms with Crippen LogP contribution in [0.2, 0.25) is 0 Å². The molecule has 6 N–H and O–H groups in total. The lowest BCUT2D eigenvalue weighted by Gasteiger charge is -2.35. The van der Waals surface area contributed by atoms with Gasteiger partial charge in [0.05, 0.1) is 53.3 Å². The first-order valence-electron chi connectivity index (χ1n) is 26.9. The van der Waals surface area contributed by atoms with E-state index in [4.69, 9.17) is 9.47 Å². The Morgan fingerprint density at radius 3 is 1.19 bits per heavy atom. The summed E-state index contributed by atoms with van der Waals surface area (Å²) in [4.78, 5) is 53.6. The fourth-order valence-electron chi connectivity index (χ4n) is 8.69. The van der Waals surface area contributed by atoms with Crippen molar-refractivity contribution in [3.05, 3.63) is 136 Å². The minimum absolute atomic E-state index is 0.286. The highest BCUT2D eigenvalue weighted by Gasteiger charge is 2.41. The van der Waals surface area contributed by atoms with E-state index in [0.717, 1.165) is 116 Å². The van der Waals surface area contributed by atoms with E-state index in [0.29, 0.717) is 67.2 Å². The maximum Gasteiger partial charge on any atom is 0.170 e. The van der Waals surface area contributed by atoms with Gasteiger partial charge in [-0.15, -0.1) is 0 Å². The third-order valence-electron chi connectivity index (χ3n) is 14.1. The van der Waals surface area contributed by atoms with Gasteiger partial charge < -0.3 is 45.0 Å². The number of nitrogens with zero attached hydrogens (tertiary/aromatic N) is 14. The first-order chi connectivity index (χ1) is 39.6. The van der Waals surface area contributed by atoms with Gasteiger partial charge in [0.25, 0.3) is 0 Å². The van der Waals surface area contributed by atoms with E-state index in [1.807, 2.05) is 25.6 Å². The molecule has 452 valence electrons. The standard InChI is InChI=1S/C10H14BrN3O2.C10H14BrN3O.C9H11BrN2OS.C9H11BrN2O.C9H13BrN2O.C7H7BrN2O2/c11-8-5-12-10(13-6-8)9(15)7-14-1-3-16-4-2-14;1-14-4-2-10(15,3-5-14)9-12-6-8(11)7-13-9;10-7-5-11-8(12-6-7)9(13)1-3-14-4-2-9;10-7-5-11-8(12-6-7)9(13)3-1-2-4-9;1-3-9(13,4-2)8-11-5-7(10)6-12-8;8-5-1-9-6(10-2-5)7(11)3-12-4-7/h5-6,9,15H,1-4,7H2;6-7,15H,2-5H2,1H3;5-6,13H,1-4H2;5-6,13H,1-4H2;5-6,13H,3-4H2,1-2H3;1-2,11H,3-4H2. The van der Waals surface area contributed by atoms with Crippen LogP contribution in [0.25, 0.3) is 0 Å². The van der Waals surface area contributed by atoms with Crippen molar-refractivity contribution in [2.75, 3.05) is 77.7 Å². The topological polar surface area (TPSA) is 301 Å². The fourth-order valence-corrected chi connectivity index (χ4v) is 11.1. The number of β-amino-alcohol motifs (C(OH)–C–C–N with tert-alkyl or cyclic N) is 1. The molecule has 4 saturated heterocycles. The molecule has 0 bridgehead atoms. The molecule has 5 aliphatic rings. The van der Waals surface area contributed by atoms with Crippen LogP contribution in [-0.4, -0.2) is 178 Å².